The van der Waals surface area contributed by atoms with Crippen molar-refractivity contribution in [2.24, 2.45) is 0 Å². The third-order valence-corrected chi connectivity index (χ3v) is 3.96. The Morgan fingerprint density at radius 1 is 1.00 bits per heavy atom. The summed E-state index contributed by atoms with van der Waals surface area (Å²) < 4.78 is 15.5. The van der Waals surface area contributed by atoms with E-state index in [1.54, 1.807) is 31.4 Å². The number of benzene rings is 2. The van der Waals surface area contributed by atoms with Crippen molar-refractivity contribution >= 4 is 17.5 Å². The van der Waals surface area contributed by atoms with Crippen LogP contribution in [0.5, 0.6) is 17.4 Å². The second-order valence-corrected chi connectivity index (χ2v) is 5.76. The summed E-state index contributed by atoms with van der Waals surface area (Å²) in [5.41, 5.74) is 7.88. The topological polar surface area (TPSA) is 109 Å². The highest BCUT2D eigenvalue weighted by Crippen LogP contribution is 2.29. The molecule has 0 fully saturated rings. The Morgan fingerprint density at radius 3 is 2.32 bits per heavy atom. The Kier molecular flexibility index (Phi) is 5.91. The molecule has 3 aromatic rings. The Morgan fingerprint density at radius 2 is 1.68 bits per heavy atom. The van der Waals surface area contributed by atoms with Gasteiger partial charge in [-0.25, -0.2) is 9.78 Å². The SMILES string of the molecule is COC(=O)c1ccc(Oc2ncnc(NCc3ccc(OC)cc3)c2N)cc1. The first-order valence-corrected chi connectivity index (χ1v) is 8.44. The van der Waals surface area contributed by atoms with E-state index in [-0.39, 0.29) is 11.6 Å². The second kappa shape index (κ2) is 8.72. The highest BCUT2D eigenvalue weighted by molar-refractivity contribution is 5.89. The van der Waals surface area contributed by atoms with E-state index in [0.29, 0.717) is 23.7 Å². The van der Waals surface area contributed by atoms with Crippen LogP contribution in [0.25, 0.3) is 0 Å². The summed E-state index contributed by atoms with van der Waals surface area (Å²) in [6, 6.07) is 14.1. The minimum absolute atomic E-state index is 0.220. The van der Waals surface area contributed by atoms with E-state index in [0.717, 1.165) is 11.3 Å². The van der Waals surface area contributed by atoms with Crippen molar-refractivity contribution in [3.05, 3.63) is 66.0 Å². The summed E-state index contributed by atoms with van der Waals surface area (Å²) in [6.07, 6.45) is 1.37. The summed E-state index contributed by atoms with van der Waals surface area (Å²) in [4.78, 5) is 19.7. The fourth-order valence-electron chi connectivity index (χ4n) is 2.42. The van der Waals surface area contributed by atoms with Gasteiger partial charge in [-0.3, -0.25) is 0 Å². The van der Waals surface area contributed by atoms with Crippen LogP contribution < -0.4 is 20.5 Å². The molecule has 1 heterocycles. The molecule has 8 heteroatoms. The molecule has 0 bridgehead atoms. The van der Waals surface area contributed by atoms with E-state index in [2.05, 4.69) is 20.0 Å². The number of rotatable bonds is 7. The lowest BCUT2D eigenvalue weighted by Gasteiger charge is -2.12. The normalized spacial score (nSPS) is 10.2. The molecule has 2 aromatic carbocycles. The number of nitrogen functional groups attached to an aromatic ring is 1. The van der Waals surface area contributed by atoms with E-state index in [4.69, 9.17) is 15.2 Å². The van der Waals surface area contributed by atoms with Gasteiger partial charge in [0, 0.05) is 6.54 Å². The number of carbonyl (C=O) groups excluding carboxylic acids is 1. The third-order valence-electron chi connectivity index (χ3n) is 3.96. The van der Waals surface area contributed by atoms with Gasteiger partial charge in [0.1, 0.15) is 23.5 Å². The van der Waals surface area contributed by atoms with Gasteiger partial charge in [-0.2, -0.15) is 4.98 Å². The van der Waals surface area contributed by atoms with E-state index in [9.17, 15) is 4.79 Å². The molecule has 0 saturated carbocycles. The molecule has 0 aliphatic rings. The van der Waals surface area contributed by atoms with Crippen molar-refractivity contribution in [3.8, 4) is 17.4 Å². The third kappa shape index (κ3) is 4.47. The molecule has 144 valence electrons. The fourth-order valence-corrected chi connectivity index (χ4v) is 2.42. The lowest BCUT2D eigenvalue weighted by molar-refractivity contribution is 0.0600. The van der Waals surface area contributed by atoms with Crippen LogP contribution in [-0.2, 0) is 11.3 Å². The van der Waals surface area contributed by atoms with Gasteiger partial charge >= 0.3 is 5.97 Å². The van der Waals surface area contributed by atoms with Gasteiger partial charge in [0.25, 0.3) is 0 Å². The minimum atomic E-state index is -0.418. The number of nitrogens with one attached hydrogen (secondary N) is 1. The van der Waals surface area contributed by atoms with Crippen LogP contribution >= 0.6 is 0 Å². The number of ether oxygens (including phenoxy) is 3. The number of methoxy groups -OCH3 is 2. The highest BCUT2D eigenvalue weighted by atomic mass is 16.5. The van der Waals surface area contributed by atoms with E-state index < -0.39 is 5.97 Å². The number of hydrogen-bond donors (Lipinski definition) is 2. The molecule has 8 nitrogen and oxygen atoms in total. The van der Waals surface area contributed by atoms with E-state index in [1.807, 2.05) is 24.3 Å². The Bertz CT molecular complexity index is 943. The van der Waals surface area contributed by atoms with Crippen LogP contribution in [0.3, 0.4) is 0 Å². The quantitative estimate of drug-likeness (QED) is 0.601. The average Bonchev–Trinajstić information content (AvgIpc) is 2.74. The lowest BCUT2D eigenvalue weighted by Crippen LogP contribution is -2.07. The van der Waals surface area contributed by atoms with Crippen LogP contribution in [0.15, 0.2) is 54.9 Å². The monoisotopic (exact) mass is 380 g/mol. The minimum Gasteiger partial charge on any atom is -0.497 e. The molecule has 28 heavy (non-hydrogen) atoms. The number of anilines is 2. The van der Waals surface area contributed by atoms with Gasteiger partial charge in [0.2, 0.25) is 5.88 Å². The summed E-state index contributed by atoms with van der Waals surface area (Å²) in [5.74, 6) is 1.54. The summed E-state index contributed by atoms with van der Waals surface area (Å²) in [6.45, 7) is 0.526. The summed E-state index contributed by atoms with van der Waals surface area (Å²) >= 11 is 0. The van der Waals surface area contributed by atoms with Gasteiger partial charge in [-0.1, -0.05) is 12.1 Å². The standard InChI is InChI=1S/C20H20N4O4/c1-26-15-7-3-13(4-8-15)11-22-18-17(21)19(24-12-23-18)28-16-9-5-14(6-10-16)20(25)27-2/h3-10,12H,11,21H2,1-2H3,(H,22,23,24). The molecule has 0 amide bonds. The van der Waals surface area contributed by atoms with Crippen LogP contribution in [0, 0.1) is 0 Å². The van der Waals surface area contributed by atoms with Crippen molar-refractivity contribution in [1.82, 2.24) is 9.97 Å². The Balaban J connectivity index is 1.69. The molecular weight excluding hydrogens is 360 g/mol. The van der Waals surface area contributed by atoms with Gasteiger partial charge in [-0.05, 0) is 42.0 Å². The summed E-state index contributed by atoms with van der Waals surface area (Å²) in [7, 11) is 2.95. The average molecular weight is 380 g/mol. The zero-order valence-electron chi connectivity index (χ0n) is 15.5. The van der Waals surface area contributed by atoms with Crippen molar-refractivity contribution in [3.63, 3.8) is 0 Å². The van der Waals surface area contributed by atoms with Gasteiger partial charge in [-0.15, -0.1) is 0 Å². The predicted molar refractivity (Wildman–Crippen MR) is 105 cm³/mol. The Labute approximate surface area is 162 Å². The highest BCUT2D eigenvalue weighted by Gasteiger charge is 2.11. The van der Waals surface area contributed by atoms with Gasteiger partial charge in [0.15, 0.2) is 5.82 Å². The molecule has 0 radical (unpaired) electrons. The predicted octanol–water partition coefficient (Wildman–Crippen LogP) is 3.26. The molecule has 0 spiro atoms. The maximum Gasteiger partial charge on any atom is 0.337 e. The van der Waals surface area contributed by atoms with Crippen LogP contribution in [0.4, 0.5) is 11.5 Å². The number of esters is 1. The zero-order chi connectivity index (χ0) is 19.9. The Hall–Kier alpha value is -3.81. The molecule has 1 aromatic heterocycles. The van der Waals surface area contributed by atoms with Crippen molar-refractivity contribution < 1.29 is 19.0 Å². The van der Waals surface area contributed by atoms with Crippen molar-refractivity contribution in [2.75, 3.05) is 25.3 Å². The maximum atomic E-state index is 11.5. The van der Waals surface area contributed by atoms with Crippen molar-refractivity contribution in [2.45, 2.75) is 6.54 Å². The van der Waals surface area contributed by atoms with Crippen LogP contribution in [0.1, 0.15) is 15.9 Å². The second-order valence-electron chi connectivity index (χ2n) is 5.76. The number of nitrogens with zero attached hydrogens (tertiary/aromatic N) is 2. The lowest BCUT2D eigenvalue weighted by atomic mass is 10.2. The molecule has 0 aliphatic carbocycles. The zero-order valence-corrected chi connectivity index (χ0v) is 15.5. The molecular formula is C20H20N4O4. The number of aromatic nitrogens is 2. The molecule has 3 rings (SSSR count). The van der Waals surface area contributed by atoms with Crippen LogP contribution in [0.2, 0.25) is 0 Å². The largest absolute Gasteiger partial charge is 0.497 e. The number of carbonyl (C=O) groups is 1. The number of hydrogen-bond acceptors (Lipinski definition) is 8. The van der Waals surface area contributed by atoms with Crippen LogP contribution in [-0.4, -0.2) is 30.2 Å². The molecule has 0 unspecified atom stereocenters. The van der Waals surface area contributed by atoms with Gasteiger partial charge < -0.3 is 25.3 Å². The first-order valence-electron chi connectivity index (χ1n) is 8.44. The smallest absolute Gasteiger partial charge is 0.337 e. The fraction of sp³-hybridized carbons (Fsp3) is 0.150. The maximum absolute atomic E-state index is 11.5. The van der Waals surface area contributed by atoms with E-state index in [1.165, 1.54) is 13.4 Å². The molecule has 0 atom stereocenters. The first kappa shape index (κ1) is 19.0. The molecule has 3 N–H and O–H groups in total. The first-order chi connectivity index (χ1) is 13.6. The van der Waals surface area contributed by atoms with Crippen molar-refractivity contribution in [1.29, 1.82) is 0 Å². The molecule has 0 saturated heterocycles. The van der Waals surface area contributed by atoms with E-state index >= 15 is 0 Å². The number of nitrogens with two attached hydrogens (primary N) is 1. The summed E-state index contributed by atoms with van der Waals surface area (Å²) in [5, 5.41) is 3.17. The van der Waals surface area contributed by atoms with Gasteiger partial charge in [0.05, 0.1) is 19.8 Å². The molecule has 0 aliphatic heterocycles.